The van der Waals surface area contributed by atoms with Crippen LogP contribution in [0.25, 0.3) is 0 Å². The van der Waals surface area contributed by atoms with Crippen LogP contribution in [0.4, 0.5) is 0 Å². The molecule has 2 aromatic heterocycles. The van der Waals surface area contributed by atoms with Crippen LogP contribution in [0.2, 0.25) is 5.02 Å². The first-order chi connectivity index (χ1) is 8.70. The Labute approximate surface area is 112 Å². The van der Waals surface area contributed by atoms with Gasteiger partial charge in [-0.3, -0.25) is 9.97 Å². The summed E-state index contributed by atoms with van der Waals surface area (Å²) in [6, 6.07) is 5.81. The maximum Gasteiger partial charge on any atom is 0.0637 e. The van der Waals surface area contributed by atoms with E-state index in [1.807, 2.05) is 18.3 Å². The standard InChI is InChI=1S/C14H16ClN3/c1-2-10-3-4-11(18-8-10)7-14(16)12-5-6-17-9-13(12)15/h3-6,8-9,14H,2,7,16H2,1H3. The number of nitrogens with zero attached hydrogens (tertiary/aromatic N) is 2. The van der Waals surface area contributed by atoms with Crippen LogP contribution in [0, 0.1) is 0 Å². The molecule has 0 amide bonds. The van der Waals surface area contributed by atoms with E-state index in [0.717, 1.165) is 17.7 Å². The van der Waals surface area contributed by atoms with Crippen molar-refractivity contribution in [3.63, 3.8) is 0 Å². The molecule has 0 bridgehead atoms. The normalized spacial score (nSPS) is 12.4. The number of hydrogen-bond donors (Lipinski definition) is 1. The Kier molecular flexibility index (Phi) is 4.28. The third-order valence-electron chi connectivity index (χ3n) is 2.93. The lowest BCUT2D eigenvalue weighted by molar-refractivity contribution is 0.704. The third kappa shape index (κ3) is 3.06. The van der Waals surface area contributed by atoms with Gasteiger partial charge in [0.2, 0.25) is 0 Å². The Balaban J connectivity index is 2.11. The highest BCUT2D eigenvalue weighted by molar-refractivity contribution is 6.31. The first-order valence-corrected chi connectivity index (χ1v) is 6.37. The fourth-order valence-electron chi connectivity index (χ4n) is 1.81. The summed E-state index contributed by atoms with van der Waals surface area (Å²) in [5.74, 6) is 0. The zero-order chi connectivity index (χ0) is 13.0. The summed E-state index contributed by atoms with van der Waals surface area (Å²) >= 11 is 6.07. The van der Waals surface area contributed by atoms with Crippen LogP contribution < -0.4 is 5.73 Å². The van der Waals surface area contributed by atoms with Crippen LogP contribution in [0.5, 0.6) is 0 Å². The Morgan fingerprint density at radius 1 is 1.28 bits per heavy atom. The van der Waals surface area contributed by atoms with Gasteiger partial charge in [-0.1, -0.05) is 24.6 Å². The number of pyridine rings is 2. The third-order valence-corrected chi connectivity index (χ3v) is 3.24. The van der Waals surface area contributed by atoms with Crippen molar-refractivity contribution in [2.45, 2.75) is 25.8 Å². The summed E-state index contributed by atoms with van der Waals surface area (Å²) in [6.07, 6.45) is 6.89. The Hall–Kier alpha value is -1.45. The van der Waals surface area contributed by atoms with Crippen molar-refractivity contribution >= 4 is 11.6 Å². The van der Waals surface area contributed by atoms with Gasteiger partial charge in [-0.15, -0.1) is 0 Å². The summed E-state index contributed by atoms with van der Waals surface area (Å²) in [7, 11) is 0. The Morgan fingerprint density at radius 2 is 2.11 bits per heavy atom. The molecule has 1 atom stereocenters. The number of aromatic nitrogens is 2. The molecule has 0 saturated heterocycles. The molecule has 0 fully saturated rings. The second-order valence-electron chi connectivity index (χ2n) is 4.22. The van der Waals surface area contributed by atoms with E-state index in [1.165, 1.54) is 5.56 Å². The van der Waals surface area contributed by atoms with E-state index in [1.54, 1.807) is 12.4 Å². The fourth-order valence-corrected chi connectivity index (χ4v) is 2.07. The van der Waals surface area contributed by atoms with Crippen LogP contribution in [0.3, 0.4) is 0 Å². The Morgan fingerprint density at radius 3 is 2.72 bits per heavy atom. The second kappa shape index (κ2) is 5.94. The van der Waals surface area contributed by atoms with Crippen LogP contribution in [0.15, 0.2) is 36.8 Å². The van der Waals surface area contributed by atoms with Gasteiger partial charge < -0.3 is 5.73 Å². The van der Waals surface area contributed by atoms with Gasteiger partial charge in [0.1, 0.15) is 0 Å². The monoisotopic (exact) mass is 261 g/mol. The van der Waals surface area contributed by atoms with Gasteiger partial charge in [0.25, 0.3) is 0 Å². The first-order valence-electron chi connectivity index (χ1n) is 5.99. The molecular formula is C14H16ClN3. The molecule has 0 aliphatic carbocycles. The lowest BCUT2D eigenvalue weighted by Gasteiger charge is -2.13. The number of aryl methyl sites for hydroxylation is 1. The highest BCUT2D eigenvalue weighted by atomic mass is 35.5. The molecule has 2 heterocycles. The van der Waals surface area contributed by atoms with E-state index in [9.17, 15) is 0 Å². The second-order valence-corrected chi connectivity index (χ2v) is 4.63. The van der Waals surface area contributed by atoms with Gasteiger partial charge in [-0.25, -0.2) is 0 Å². The maximum atomic E-state index is 6.15. The smallest absolute Gasteiger partial charge is 0.0637 e. The molecule has 1 unspecified atom stereocenters. The summed E-state index contributed by atoms with van der Waals surface area (Å²) in [6.45, 7) is 2.11. The van der Waals surface area contributed by atoms with Crippen molar-refractivity contribution in [1.82, 2.24) is 9.97 Å². The van der Waals surface area contributed by atoms with Crippen molar-refractivity contribution in [3.8, 4) is 0 Å². The zero-order valence-corrected chi connectivity index (χ0v) is 11.1. The molecular weight excluding hydrogens is 246 g/mol. The average Bonchev–Trinajstić information content (AvgIpc) is 2.40. The predicted molar refractivity (Wildman–Crippen MR) is 73.5 cm³/mol. The largest absolute Gasteiger partial charge is 0.324 e. The first kappa shape index (κ1) is 13.0. The molecule has 4 heteroatoms. The zero-order valence-electron chi connectivity index (χ0n) is 10.3. The van der Waals surface area contributed by atoms with Gasteiger partial charge >= 0.3 is 0 Å². The quantitative estimate of drug-likeness (QED) is 0.921. The van der Waals surface area contributed by atoms with E-state index >= 15 is 0 Å². The predicted octanol–water partition coefficient (Wildman–Crippen LogP) is 2.93. The molecule has 2 N–H and O–H groups in total. The lowest BCUT2D eigenvalue weighted by atomic mass is 10.0. The highest BCUT2D eigenvalue weighted by Crippen LogP contribution is 2.22. The molecule has 18 heavy (non-hydrogen) atoms. The SMILES string of the molecule is CCc1ccc(CC(N)c2ccncc2Cl)nc1. The molecule has 94 valence electrons. The molecule has 3 nitrogen and oxygen atoms in total. The average molecular weight is 262 g/mol. The van der Waals surface area contributed by atoms with Crippen molar-refractivity contribution in [2.75, 3.05) is 0 Å². The fraction of sp³-hybridized carbons (Fsp3) is 0.286. The molecule has 0 aromatic carbocycles. The minimum absolute atomic E-state index is 0.152. The van der Waals surface area contributed by atoms with Crippen LogP contribution in [-0.4, -0.2) is 9.97 Å². The topological polar surface area (TPSA) is 51.8 Å². The molecule has 0 saturated carbocycles. The number of halogens is 1. The summed E-state index contributed by atoms with van der Waals surface area (Å²) < 4.78 is 0. The number of nitrogens with two attached hydrogens (primary N) is 1. The Bertz CT molecular complexity index is 511. The molecule has 0 radical (unpaired) electrons. The van der Waals surface area contributed by atoms with Crippen molar-refractivity contribution in [2.24, 2.45) is 5.73 Å². The molecule has 0 aliphatic heterocycles. The van der Waals surface area contributed by atoms with Crippen molar-refractivity contribution in [1.29, 1.82) is 0 Å². The van der Waals surface area contributed by atoms with Gasteiger partial charge in [0.15, 0.2) is 0 Å². The van der Waals surface area contributed by atoms with E-state index in [-0.39, 0.29) is 6.04 Å². The summed E-state index contributed by atoms with van der Waals surface area (Å²) in [4.78, 5) is 8.36. The summed E-state index contributed by atoms with van der Waals surface area (Å²) in [5.41, 5.74) is 9.27. The number of hydrogen-bond acceptors (Lipinski definition) is 3. The van der Waals surface area contributed by atoms with E-state index < -0.39 is 0 Å². The van der Waals surface area contributed by atoms with E-state index in [2.05, 4.69) is 23.0 Å². The van der Waals surface area contributed by atoms with Gasteiger partial charge in [-0.05, 0) is 29.7 Å². The molecule has 2 aromatic rings. The van der Waals surface area contributed by atoms with Gasteiger partial charge in [0, 0.05) is 36.7 Å². The van der Waals surface area contributed by atoms with Crippen LogP contribution in [-0.2, 0) is 12.8 Å². The minimum Gasteiger partial charge on any atom is -0.324 e. The van der Waals surface area contributed by atoms with E-state index in [4.69, 9.17) is 17.3 Å². The van der Waals surface area contributed by atoms with Gasteiger partial charge in [-0.2, -0.15) is 0 Å². The molecule has 0 spiro atoms. The van der Waals surface area contributed by atoms with Crippen LogP contribution >= 0.6 is 11.6 Å². The lowest BCUT2D eigenvalue weighted by Crippen LogP contribution is -2.14. The van der Waals surface area contributed by atoms with Crippen molar-refractivity contribution in [3.05, 3.63) is 58.6 Å². The highest BCUT2D eigenvalue weighted by Gasteiger charge is 2.11. The van der Waals surface area contributed by atoms with Crippen LogP contribution in [0.1, 0.15) is 29.8 Å². The summed E-state index contributed by atoms with van der Waals surface area (Å²) in [5, 5.41) is 0.607. The maximum absolute atomic E-state index is 6.15. The number of rotatable bonds is 4. The van der Waals surface area contributed by atoms with E-state index in [0.29, 0.717) is 11.4 Å². The molecule has 0 aliphatic rings. The van der Waals surface area contributed by atoms with Gasteiger partial charge in [0.05, 0.1) is 5.02 Å². The molecule has 2 rings (SSSR count). The van der Waals surface area contributed by atoms with Crippen molar-refractivity contribution < 1.29 is 0 Å². The minimum atomic E-state index is -0.152.